The number of hydrogen-bond donors (Lipinski definition) is 2. The summed E-state index contributed by atoms with van der Waals surface area (Å²) < 4.78 is 1.84. The van der Waals surface area contributed by atoms with E-state index in [4.69, 9.17) is 16.7 Å². The molecule has 0 amide bonds. The van der Waals surface area contributed by atoms with Gasteiger partial charge in [0, 0.05) is 16.6 Å². The van der Waals surface area contributed by atoms with Crippen molar-refractivity contribution < 1.29 is 5.11 Å². The number of anilines is 1. The highest BCUT2D eigenvalue weighted by atomic mass is 35.5. The summed E-state index contributed by atoms with van der Waals surface area (Å²) in [5.74, 6) is 1.14. The van der Waals surface area contributed by atoms with Crippen molar-refractivity contribution in [3.8, 4) is 11.3 Å². The standard InChI is InChI=1S/C20H23ClN4O/c1-20(2,26)14-6-7-16(11-14)23-18-8-9-19-22-12-17(25(19)24-18)13-4-3-5-15(21)10-13/h3-5,8-10,12,14,16,26H,6-7,11H2,1-2H3,(H,23,24)/t14-,16-/m0/s1. The molecule has 1 saturated carbocycles. The molecule has 2 atom stereocenters. The molecule has 2 aromatic heterocycles. The van der Waals surface area contributed by atoms with Crippen molar-refractivity contribution in [2.24, 2.45) is 5.92 Å². The maximum absolute atomic E-state index is 10.2. The van der Waals surface area contributed by atoms with Gasteiger partial charge in [0.2, 0.25) is 0 Å². The first-order chi connectivity index (χ1) is 12.4. The Morgan fingerprint density at radius 3 is 2.81 bits per heavy atom. The highest BCUT2D eigenvalue weighted by Crippen LogP contribution is 2.35. The van der Waals surface area contributed by atoms with Gasteiger partial charge in [0.1, 0.15) is 5.82 Å². The lowest BCUT2D eigenvalue weighted by Gasteiger charge is -2.25. The maximum atomic E-state index is 10.2. The van der Waals surface area contributed by atoms with Crippen molar-refractivity contribution in [1.82, 2.24) is 14.6 Å². The second-order valence-corrected chi connectivity index (χ2v) is 8.08. The molecule has 6 heteroatoms. The number of aliphatic hydroxyl groups is 1. The Kier molecular flexibility index (Phi) is 4.37. The van der Waals surface area contributed by atoms with Crippen LogP contribution in [0, 0.1) is 5.92 Å². The number of rotatable bonds is 4. The minimum atomic E-state index is -0.627. The molecule has 0 saturated heterocycles. The normalized spacial score (nSPS) is 20.6. The summed E-state index contributed by atoms with van der Waals surface area (Å²) in [6.45, 7) is 3.79. The minimum absolute atomic E-state index is 0.319. The third-order valence-electron chi connectivity index (χ3n) is 5.27. The number of halogens is 1. The Morgan fingerprint density at radius 1 is 1.23 bits per heavy atom. The number of imidazole rings is 1. The van der Waals surface area contributed by atoms with Gasteiger partial charge in [0.15, 0.2) is 5.65 Å². The Morgan fingerprint density at radius 2 is 2.08 bits per heavy atom. The molecular weight excluding hydrogens is 348 g/mol. The molecule has 1 fully saturated rings. The smallest absolute Gasteiger partial charge is 0.154 e. The first-order valence-corrected chi connectivity index (χ1v) is 9.37. The molecule has 1 aliphatic rings. The first-order valence-electron chi connectivity index (χ1n) is 9.00. The predicted molar refractivity (Wildman–Crippen MR) is 104 cm³/mol. The Balaban J connectivity index is 1.59. The molecule has 2 N–H and O–H groups in total. The molecule has 136 valence electrons. The molecule has 0 unspecified atom stereocenters. The quantitative estimate of drug-likeness (QED) is 0.714. The van der Waals surface area contributed by atoms with Gasteiger partial charge < -0.3 is 10.4 Å². The summed E-state index contributed by atoms with van der Waals surface area (Å²) >= 11 is 6.13. The van der Waals surface area contributed by atoms with Crippen LogP contribution in [-0.4, -0.2) is 31.3 Å². The van der Waals surface area contributed by atoms with E-state index in [0.29, 0.717) is 17.0 Å². The monoisotopic (exact) mass is 370 g/mol. The molecule has 1 aliphatic carbocycles. The van der Waals surface area contributed by atoms with Crippen molar-refractivity contribution >= 4 is 23.1 Å². The lowest BCUT2D eigenvalue weighted by molar-refractivity contribution is 0.0197. The number of fused-ring (bicyclic) bond motifs is 1. The zero-order chi connectivity index (χ0) is 18.3. The van der Waals surface area contributed by atoms with Gasteiger partial charge in [-0.2, -0.15) is 0 Å². The highest BCUT2D eigenvalue weighted by molar-refractivity contribution is 6.30. The zero-order valence-electron chi connectivity index (χ0n) is 15.0. The van der Waals surface area contributed by atoms with Gasteiger partial charge in [-0.15, -0.1) is 5.10 Å². The van der Waals surface area contributed by atoms with E-state index in [2.05, 4.69) is 10.3 Å². The van der Waals surface area contributed by atoms with E-state index >= 15 is 0 Å². The van der Waals surface area contributed by atoms with Crippen LogP contribution in [0.1, 0.15) is 33.1 Å². The largest absolute Gasteiger partial charge is 0.390 e. The minimum Gasteiger partial charge on any atom is -0.390 e. The number of benzene rings is 1. The van der Waals surface area contributed by atoms with Crippen LogP contribution in [0.3, 0.4) is 0 Å². The van der Waals surface area contributed by atoms with Gasteiger partial charge in [0.25, 0.3) is 0 Å². The average molecular weight is 371 g/mol. The third-order valence-corrected chi connectivity index (χ3v) is 5.50. The van der Waals surface area contributed by atoms with Gasteiger partial charge >= 0.3 is 0 Å². The van der Waals surface area contributed by atoms with Gasteiger partial charge in [-0.05, 0) is 63.3 Å². The molecule has 3 aromatic rings. The van der Waals surface area contributed by atoms with Crippen LogP contribution in [-0.2, 0) is 0 Å². The first kappa shape index (κ1) is 17.3. The Hall–Kier alpha value is -2.11. The van der Waals surface area contributed by atoms with Gasteiger partial charge in [-0.1, -0.05) is 23.7 Å². The van der Waals surface area contributed by atoms with Crippen LogP contribution in [0.2, 0.25) is 5.02 Å². The predicted octanol–water partition coefficient (Wildman–Crippen LogP) is 4.40. The lowest BCUT2D eigenvalue weighted by Crippen LogP contribution is -2.30. The highest BCUT2D eigenvalue weighted by Gasteiger charge is 2.34. The summed E-state index contributed by atoms with van der Waals surface area (Å²) in [4.78, 5) is 4.44. The van der Waals surface area contributed by atoms with Gasteiger partial charge in [-0.25, -0.2) is 9.50 Å². The molecule has 0 aliphatic heterocycles. The molecule has 2 heterocycles. The second-order valence-electron chi connectivity index (χ2n) is 7.65. The van der Waals surface area contributed by atoms with Crippen molar-refractivity contribution in [2.75, 3.05) is 5.32 Å². The van der Waals surface area contributed by atoms with E-state index in [-0.39, 0.29) is 0 Å². The van der Waals surface area contributed by atoms with Crippen molar-refractivity contribution in [1.29, 1.82) is 0 Å². The summed E-state index contributed by atoms with van der Waals surface area (Å²) in [6.07, 6.45) is 4.84. The molecule has 1 aromatic carbocycles. The molecule has 0 radical (unpaired) electrons. The van der Waals surface area contributed by atoms with Crippen molar-refractivity contribution in [3.05, 3.63) is 47.6 Å². The Bertz CT molecular complexity index is 931. The second kappa shape index (κ2) is 6.56. The van der Waals surface area contributed by atoms with E-state index < -0.39 is 5.60 Å². The number of hydrogen-bond acceptors (Lipinski definition) is 4. The van der Waals surface area contributed by atoms with Crippen LogP contribution in [0.4, 0.5) is 5.82 Å². The maximum Gasteiger partial charge on any atom is 0.154 e. The van der Waals surface area contributed by atoms with Crippen LogP contribution in [0.25, 0.3) is 16.9 Å². The lowest BCUT2D eigenvalue weighted by atomic mass is 9.89. The summed E-state index contributed by atoms with van der Waals surface area (Å²) in [7, 11) is 0. The number of nitrogens with zero attached hydrogens (tertiary/aromatic N) is 3. The fraction of sp³-hybridized carbons (Fsp3) is 0.400. The van der Waals surface area contributed by atoms with Crippen LogP contribution in [0.5, 0.6) is 0 Å². The summed E-state index contributed by atoms with van der Waals surface area (Å²) in [5, 5.41) is 19.2. The fourth-order valence-corrected chi connectivity index (χ4v) is 3.95. The number of nitrogens with one attached hydrogen (secondary N) is 1. The van der Waals surface area contributed by atoms with Crippen LogP contribution >= 0.6 is 11.6 Å². The van der Waals surface area contributed by atoms with Gasteiger partial charge in [0.05, 0.1) is 17.5 Å². The topological polar surface area (TPSA) is 62.5 Å². The van der Waals surface area contributed by atoms with E-state index in [1.165, 1.54) is 0 Å². The van der Waals surface area contributed by atoms with E-state index in [0.717, 1.165) is 42.0 Å². The molecule has 26 heavy (non-hydrogen) atoms. The fourth-order valence-electron chi connectivity index (χ4n) is 3.76. The number of aromatic nitrogens is 3. The third kappa shape index (κ3) is 3.41. The van der Waals surface area contributed by atoms with Gasteiger partial charge in [-0.3, -0.25) is 0 Å². The van der Waals surface area contributed by atoms with E-state index in [9.17, 15) is 5.11 Å². The summed E-state index contributed by atoms with van der Waals surface area (Å²) in [5.41, 5.74) is 2.06. The zero-order valence-corrected chi connectivity index (χ0v) is 15.7. The molecule has 4 rings (SSSR count). The van der Waals surface area contributed by atoms with Crippen LogP contribution < -0.4 is 5.32 Å². The molecule has 5 nitrogen and oxygen atoms in total. The molecule has 0 spiro atoms. The molecule has 0 bridgehead atoms. The van der Waals surface area contributed by atoms with Crippen molar-refractivity contribution in [2.45, 2.75) is 44.8 Å². The Labute approximate surface area is 158 Å². The SMILES string of the molecule is CC(C)(O)[C@H]1CC[C@H](Nc2ccc3ncc(-c4cccc(Cl)c4)n3n2)C1. The average Bonchev–Trinajstić information content (AvgIpc) is 3.21. The summed E-state index contributed by atoms with van der Waals surface area (Å²) in [6, 6.07) is 11.9. The van der Waals surface area contributed by atoms with Crippen molar-refractivity contribution in [3.63, 3.8) is 0 Å². The van der Waals surface area contributed by atoms with Crippen LogP contribution in [0.15, 0.2) is 42.6 Å². The van der Waals surface area contributed by atoms with E-state index in [1.807, 2.05) is 61.0 Å². The van der Waals surface area contributed by atoms with E-state index in [1.54, 1.807) is 0 Å². The molecular formula is C20H23ClN4O.